The Morgan fingerprint density at radius 2 is 2.05 bits per heavy atom. The summed E-state index contributed by atoms with van der Waals surface area (Å²) >= 11 is 6.17. The second-order valence-corrected chi connectivity index (χ2v) is 5.81. The van der Waals surface area contributed by atoms with Crippen molar-refractivity contribution in [3.05, 3.63) is 58.4 Å². The van der Waals surface area contributed by atoms with Crippen LogP contribution in [-0.4, -0.2) is 6.04 Å². The van der Waals surface area contributed by atoms with Crippen LogP contribution in [0.3, 0.4) is 0 Å². The Morgan fingerprint density at radius 3 is 2.76 bits per heavy atom. The lowest BCUT2D eigenvalue weighted by Gasteiger charge is -2.14. The van der Waals surface area contributed by atoms with Crippen LogP contribution < -0.4 is 10.1 Å². The minimum Gasteiger partial charge on any atom is -0.455 e. The fourth-order valence-electron chi connectivity index (χ4n) is 2.15. The summed E-state index contributed by atoms with van der Waals surface area (Å²) < 4.78 is 19.9. The minimum absolute atomic E-state index is 0.260. The average Bonchev–Trinajstić information content (AvgIpc) is 3.25. The van der Waals surface area contributed by atoms with Crippen LogP contribution in [0, 0.1) is 12.7 Å². The Morgan fingerprint density at radius 1 is 1.24 bits per heavy atom. The maximum atomic E-state index is 14.0. The fraction of sp³-hybridized carbons (Fsp3) is 0.294. The van der Waals surface area contributed by atoms with Gasteiger partial charge in [-0.1, -0.05) is 23.7 Å². The van der Waals surface area contributed by atoms with E-state index in [9.17, 15) is 4.39 Å². The van der Waals surface area contributed by atoms with Gasteiger partial charge in [0.05, 0.1) is 5.02 Å². The second-order valence-electron chi connectivity index (χ2n) is 5.41. The van der Waals surface area contributed by atoms with Crippen LogP contribution in [0.4, 0.5) is 4.39 Å². The van der Waals surface area contributed by atoms with E-state index in [1.54, 1.807) is 18.2 Å². The first-order valence-corrected chi connectivity index (χ1v) is 7.46. The summed E-state index contributed by atoms with van der Waals surface area (Å²) in [5.41, 5.74) is 1.60. The molecule has 0 radical (unpaired) electrons. The molecule has 0 aromatic heterocycles. The van der Waals surface area contributed by atoms with E-state index < -0.39 is 0 Å². The summed E-state index contributed by atoms with van der Waals surface area (Å²) in [5.74, 6) is 0.790. The predicted octanol–water partition coefficient (Wildman–Crippen LogP) is 4.83. The molecule has 0 saturated heterocycles. The molecule has 2 nitrogen and oxygen atoms in total. The van der Waals surface area contributed by atoms with Crippen LogP contribution in [0.5, 0.6) is 11.5 Å². The summed E-state index contributed by atoms with van der Waals surface area (Å²) in [6, 6.07) is 10.9. The number of ether oxygens (including phenoxy) is 1. The molecule has 110 valence electrons. The first-order chi connectivity index (χ1) is 10.1. The molecule has 0 aliphatic heterocycles. The maximum Gasteiger partial charge on any atom is 0.146 e. The van der Waals surface area contributed by atoms with Gasteiger partial charge < -0.3 is 10.1 Å². The van der Waals surface area contributed by atoms with Crippen molar-refractivity contribution >= 4 is 11.6 Å². The van der Waals surface area contributed by atoms with Gasteiger partial charge in [-0.3, -0.25) is 0 Å². The summed E-state index contributed by atoms with van der Waals surface area (Å²) in [7, 11) is 0. The number of halogens is 2. The normalized spacial score (nSPS) is 14.2. The molecule has 21 heavy (non-hydrogen) atoms. The van der Waals surface area contributed by atoms with E-state index in [0.29, 0.717) is 34.7 Å². The summed E-state index contributed by atoms with van der Waals surface area (Å²) in [5, 5.41) is 3.84. The monoisotopic (exact) mass is 305 g/mol. The first kappa shape index (κ1) is 14.4. The molecule has 2 aromatic rings. The van der Waals surface area contributed by atoms with Crippen LogP contribution in [0.2, 0.25) is 5.02 Å². The van der Waals surface area contributed by atoms with Crippen LogP contribution in [0.15, 0.2) is 36.4 Å². The Balaban J connectivity index is 1.84. The van der Waals surface area contributed by atoms with Crippen molar-refractivity contribution in [1.29, 1.82) is 0 Å². The number of rotatable bonds is 5. The van der Waals surface area contributed by atoms with Crippen molar-refractivity contribution in [2.45, 2.75) is 32.4 Å². The van der Waals surface area contributed by atoms with Crippen molar-refractivity contribution in [2.75, 3.05) is 0 Å². The molecular formula is C17H17ClFNO. The predicted molar refractivity (Wildman–Crippen MR) is 82.5 cm³/mol. The van der Waals surface area contributed by atoms with Crippen LogP contribution in [0.1, 0.15) is 24.0 Å². The Hall–Kier alpha value is -1.58. The topological polar surface area (TPSA) is 21.3 Å². The van der Waals surface area contributed by atoms with Crippen LogP contribution in [-0.2, 0) is 6.54 Å². The minimum atomic E-state index is -0.260. The summed E-state index contributed by atoms with van der Waals surface area (Å²) in [4.78, 5) is 0. The Labute approximate surface area is 128 Å². The highest BCUT2D eigenvalue weighted by molar-refractivity contribution is 6.32. The van der Waals surface area contributed by atoms with Crippen molar-refractivity contribution in [1.82, 2.24) is 5.32 Å². The molecule has 0 bridgehead atoms. The van der Waals surface area contributed by atoms with E-state index >= 15 is 0 Å². The molecule has 0 amide bonds. The van der Waals surface area contributed by atoms with Crippen LogP contribution >= 0.6 is 11.6 Å². The molecule has 1 saturated carbocycles. The lowest BCUT2D eigenvalue weighted by Crippen LogP contribution is -2.16. The highest BCUT2D eigenvalue weighted by atomic mass is 35.5. The SMILES string of the molecule is Cc1ccc(Oc2cccc(F)c2CNC2CC2)c(Cl)c1. The third-order valence-electron chi connectivity index (χ3n) is 3.53. The van der Waals surface area contributed by atoms with Gasteiger partial charge in [-0.15, -0.1) is 0 Å². The zero-order valence-corrected chi connectivity index (χ0v) is 12.6. The zero-order valence-electron chi connectivity index (χ0n) is 11.8. The quantitative estimate of drug-likeness (QED) is 0.854. The molecule has 1 aliphatic rings. The van der Waals surface area contributed by atoms with E-state index in [-0.39, 0.29) is 5.82 Å². The number of nitrogens with one attached hydrogen (secondary N) is 1. The molecular weight excluding hydrogens is 289 g/mol. The molecule has 1 aliphatic carbocycles. The molecule has 0 atom stereocenters. The average molecular weight is 306 g/mol. The smallest absolute Gasteiger partial charge is 0.146 e. The summed E-state index contributed by atoms with van der Waals surface area (Å²) in [6.45, 7) is 2.43. The molecule has 0 heterocycles. The Kier molecular flexibility index (Phi) is 4.13. The van der Waals surface area contributed by atoms with Gasteiger partial charge in [0.15, 0.2) is 0 Å². The number of hydrogen-bond acceptors (Lipinski definition) is 2. The highest BCUT2D eigenvalue weighted by Crippen LogP contribution is 2.33. The standard InChI is InChI=1S/C17H17ClFNO/c1-11-5-8-17(14(18)9-11)21-16-4-2-3-15(19)13(16)10-20-12-6-7-12/h2-5,8-9,12,20H,6-7,10H2,1H3. The molecule has 1 N–H and O–H groups in total. The van der Waals surface area contributed by atoms with E-state index in [4.69, 9.17) is 16.3 Å². The molecule has 0 spiro atoms. The molecule has 4 heteroatoms. The van der Waals surface area contributed by atoms with E-state index in [1.807, 2.05) is 19.1 Å². The zero-order chi connectivity index (χ0) is 14.8. The van der Waals surface area contributed by atoms with Crippen LogP contribution in [0.25, 0.3) is 0 Å². The van der Waals surface area contributed by atoms with E-state index in [0.717, 1.165) is 18.4 Å². The highest BCUT2D eigenvalue weighted by Gasteiger charge is 2.22. The number of hydrogen-bond donors (Lipinski definition) is 1. The van der Waals surface area contributed by atoms with Gasteiger partial charge >= 0.3 is 0 Å². The lowest BCUT2D eigenvalue weighted by atomic mass is 10.1. The molecule has 3 rings (SSSR count). The van der Waals surface area contributed by atoms with Gasteiger partial charge in [0.1, 0.15) is 17.3 Å². The maximum absolute atomic E-state index is 14.0. The third-order valence-corrected chi connectivity index (χ3v) is 3.82. The molecule has 2 aromatic carbocycles. The van der Waals surface area contributed by atoms with E-state index in [2.05, 4.69) is 5.32 Å². The summed E-state index contributed by atoms with van der Waals surface area (Å²) in [6.07, 6.45) is 2.32. The van der Waals surface area contributed by atoms with Crippen molar-refractivity contribution < 1.29 is 9.13 Å². The van der Waals surface area contributed by atoms with Gasteiger partial charge in [-0.2, -0.15) is 0 Å². The van der Waals surface area contributed by atoms with Gasteiger partial charge in [0.2, 0.25) is 0 Å². The van der Waals surface area contributed by atoms with Gasteiger partial charge in [0.25, 0.3) is 0 Å². The third kappa shape index (κ3) is 3.55. The lowest BCUT2D eigenvalue weighted by molar-refractivity contribution is 0.462. The Bertz CT molecular complexity index is 655. The van der Waals surface area contributed by atoms with E-state index in [1.165, 1.54) is 6.07 Å². The van der Waals surface area contributed by atoms with Crippen molar-refractivity contribution in [2.24, 2.45) is 0 Å². The van der Waals surface area contributed by atoms with Gasteiger partial charge in [-0.25, -0.2) is 4.39 Å². The molecule has 0 unspecified atom stereocenters. The van der Waals surface area contributed by atoms with Crippen molar-refractivity contribution in [3.63, 3.8) is 0 Å². The second kappa shape index (κ2) is 6.04. The number of benzene rings is 2. The molecule has 1 fully saturated rings. The largest absolute Gasteiger partial charge is 0.455 e. The fourth-order valence-corrected chi connectivity index (χ4v) is 2.42. The first-order valence-electron chi connectivity index (χ1n) is 7.08. The number of aryl methyl sites for hydroxylation is 1. The van der Waals surface area contributed by atoms with Crippen molar-refractivity contribution in [3.8, 4) is 11.5 Å². The van der Waals surface area contributed by atoms with Gasteiger partial charge in [-0.05, 0) is 49.6 Å². The van der Waals surface area contributed by atoms with Gasteiger partial charge in [0, 0.05) is 18.2 Å².